The van der Waals surface area contributed by atoms with Crippen molar-refractivity contribution in [3.05, 3.63) is 29.3 Å². The van der Waals surface area contributed by atoms with Crippen LogP contribution in [0.25, 0.3) is 0 Å². The topological polar surface area (TPSA) is 32.7 Å². The number of hydrogen-bond acceptors (Lipinski definition) is 3. The minimum absolute atomic E-state index is 0.252. The fourth-order valence-corrected chi connectivity index (χ4v) is 2.79. The molecule has 3 heteroatoms. The lowest BCUT2D eigenvalue weighted by atomic mass is 9.89. The average molecular weight is 233 g/mol. The zero-order valence-electron chi connectivity index (χ0n) is 10.1. The highest BCUT2D eigenvalue weighted by Crippen LogP contribution is 2.32. The van der Waals surface area contributed by atoms with Crippen LogP contribution in [0.1, 0.15) is 30.1 Å². The summed E-state index contributed by atoms with van der Waals surface area (Å²) in [7, 11) is 0. The number of aliphatic hydroxyl groups excluding tert-OH is 1. The van der Waals surface area contributed by atoms with Crippen LogP contribution < -0.4 is 4.90 Å². The Morgan fingerprint density at radius 2 is 2.06 bits per heavy atom. The van der Waals surface area contributed by atoms with E-state index in [9.17, 15) is 5.11 Å². The molecule has 3 nitrogen and oxygen atoms in total. The molecule has 1 aliphatic carbocycles. The number of nitrogens with zero attached hydrogens (tertiary/aromatic N) is 1. The summed E-state index contributed by atoms with van der Waals surface area (Å²) in [5.41, 5.74) is 3.74. The molecule has 2 aliphatic rings. The molecule has 0 aromatic heterocycles. The third-order valence-corrected chi connectivity index (χ3v) is 3.79. The van der Waals surface area contributed by atoms with E-state index in [1.165, 1.54) is 11.3 Å². The van der Waals surface area contributed by atoms with Crippen LogP contribution >= 0.6 is 0 Å². The Morgan fingerprint density at radius 1 is 1.24 bits per heavy atom. The summed E-state index contributed by atoms with van der Waals surface area (Å²) >= 11 is 0. The highest BCUT2D eigenvalue weighted by molar-refractivity contribution is 5.52. The van der Waals surface area contributed by atoms with Gasteiger partial charge in [-0.15, -0.1) is 0 Å². The van der Waals surface area contributed by atoms with Crippen molar-refractivity contribution in [1.82, 2.24) is 0 Å². The van der Waals surface area contributed by atoms with Crippen molar-refractivity contribution in [3.8, 4) is 0 Å². The first kappa shape index (κ1) is 11.1. The number of aliphatic hydroxyl groups is 1. The van der Waals surface area contributed by atoms with Gasteiger partial charge in [0.25, 0.3) is 0 Å². The van der Waals surface area contributed by atoms with E-state index >= 15 is 0 Å². The quantitative estimate of drug-likeness (QED) is 0.804. The minimum Gasteiger partial charge on any atom is -0.388 e. The predicted molar refractivity (Wildman–Crippen MR) is 67.4 cm³/mol. The summed E-state index contributed by atoms with van der Waals surface area (Å²) in [5, 5.41) is 9.93. The van der Waals surface area contributed by atoms with Crippen molar-refractivity contribution in [2.24, 2.45) is 0 Å². The van der Waals surface area contributed by atoms with Crippen LogP contribution in [0, 0.1) is 0 Å². The Hall–Kier alpha value is -1.06. The molecule has 17 heavy (non-hydrogen) atoms. The molecule has 0 bridgehead atoms. The highest BCUT2D eigenvalue weighted by Gasteiger charge is 2.19. The van der Waals surface area contributed by atoms with Crippen molar-refractivity contribution < 1.29 is 9.84 Å². The van der Waals surface area contributed by atoms with E-state index in [1.807, 2.05) is 0 Å². The van der Waals surface area contributed by atoms with Gasteiger partial charge < -0.3 is 14.7 Å². The lowest BCUT2D eigenvalue weighted by Crippen LogP contribution is -2.36. The van der Waals surface area contributed by atoms with E-state index in [4.69, 9.17) is 4.74 Å². The van der Waals surface area contributed by atoms with Gasteiger partial charge in [0, 0.05) is 18.8 Å². The van der Waals surface area contributed by atoms with Gasteiger partial charge in [-0.3, -0.25) is 0 Å². The van der Waals surface area contributed by atoms with E-state index in [0.29, 0.717) is 0 Å². The van der Waals surface area contributed by atoms with Crippen molar-refractivity contribution in [3.63, 3.8) is 0 Å². The van der Waals surface area contributed by atoms with Gasteiger partial charge in [0.1, 0.15) is 0 Å². The molecule has 1 atom stereocenters. The summed E-state index contributed by atoms with van der Waals surface area (Å²) in [6.07, 6.45) is 2.85. The first-order valence-electron chi connectivity index (χ1n) is 6.48. The number of aryl methyl sites for hydroxylation is 1. The average Bonchev–Trinajstić information content (AvgIpc) is 2.40. The zero-order chi connectivity index (χ0) is 11.7. The van der Waals surface area contributed by atoms with E-state index in [0.717, 1.165) is 51.1 Å². The molecule has 1 heterocycles. The van der Waals surface area contributed by atoms with Gasteiger partial charge in [-0.05, 0) is 42.5 Å². The first-order chi connectivity index (χ1) is 8.34. The van der Waals surface area contributed by atoms with Crippen LogP contribution in [0.4, 0.5) is 5.69 Å². The highest BCUT2D eigenvalue weighted by atomic mass is 16.5. The van der Waals surface area contributed by atoms with Crippen LogP contribution in [0.2, 0.25) is 0 Å². The van der Waals surface area contributed by atoms with E-state index < -0.39 is 0 Å². The Labute approximate surface area is 102 Å². The Kier molecular flexibility index (Phi) is 3.04. The molecule has 0 amide bonds. The molecule has 0 spiro atoms. The number of benzene rings is 1. The molecule has 1 aromatic rings. The van der Waals surface area contributed by atoms with Crippen molar-refractivity contribution in [1.29, 1.82) is 0 Å². The van der Waals surface area contributed by atoms with Gasteiger partial charge in [0.15, 0.2) is 0 Å². The maximum absolute atomic E-state index is 9.93. The second-order valence-corrected chi connectivity index (χ2v) is 4.89. The van der Waals surface area contributed by atoms with E-state index in [-0.39, 0.29) is 6.10 Å². The summed E-state index contributed by atoms with van der Waals surface area (Å²) < 4.78 is 5.37. The maximum atomic E-state index is 9.93. The van der Waals surface area contributed by atoms with Crippen molar-refractivity contribution in [2.75, 3.05) is 31.2 Å². The number of ether oxygens (including phenoxy) is 1. The standard InChI is InChI=1S/C14H19NO2/c16-14-3-1-2-11-10-12(4-5-13(11)14)15-6-8-17-9-7-15/h4-5,10,14,16H,1-3,6-9H2. The van der Waals surface area contributed by atoms with Crippen LogP contribution in [0.3, 0.4) is 0 Å². The molecule has 1 aliphatic heterocycles. The third-order valence-electron chi connectivity index (χ3n) is 3.79. The first-order valence-corrected chi connectivity index (χ1v) is 6.48. The molecule has 92 valence electrons. The fraction of sp³-hybridized carbons (Fsp3) is 0.571. The van der Waals surface area contributed by atoms with Gasteiger partial charge in [0.05, 0.1) is 19.3 Å². The summed E-state index contributed by atoms with van der Waals surface area (Å²) in [5.74, 6) is 0. The number of anilines is 1. The summed E-state index contributed by atoms with van der Waals surface area (Å²) in [6.45, 7) is 3.59. The monoisotopic (exact) mass is 233 g/mol. The normalized spacial score (nSPS) is 24.5. The molecule has 1 N–H and O–H groups in total. The molecular weight excluding hydrogens is 214 g/mol. The molecule has 0 saturated carbocycles. The van der Waals surface area contributed by atoms with E-state index in [2.05, 4.69) is 23.1 Å². The third kappa shape index (κ3) is 2.17. The van der Waals surface area contributed by atoms with Crippen LogP contribution in [-0.2, 0) is 11.2 Å². The molecular formula is C14H19NO2. The summed E-state index contributed by atoms with van der Waals surface area (Å²) in [4.78, 5) is 2.37. The number of rotatable bonds is 1. The lowest BCUT2D eigenvalue weighted by Gasteiger charge is -2.30. The molecule has 3 rings (SSSR count). The van der Waals surface area contributed by atoms with Gasteiger partial charge in [-0.1, -0.05) is 6.07 Å². The predicted octanol–water partition coefficient (Wildman–Crippen LogP) is 1.89. The molecule has 1 saturated heterocycles. The van der Waals surface area contributed by atoms with Crippen LogP contribution in [-0.4, -0.2) is 31.4 Å². The zero-order valence-corrected chi connectivity index (χ0v) is 10.1. The van der Waals surface area contributed by atoms with Gasteiger partial charge >= 0.3 is 0 Å². The SMILES string of the molecule is OC1CCCc2cc(N3CCOCC3)ccc21. The Bertz CT molecular complexity index is 399. The second kappa shape index (κ2) is 4.67. The van der Waals surface area contributed by atoms with Crippen molar-refractivity contribution in [2.45, 2.75) is 25.4 Å². The molecule has 1 unspecified atom stereocenters. The van der Waals surface area contributed by atoms with Crippen LogP contribution in [0.15, 0.2) is 18.2 Å². The number of fused-ring (bicyclic) bond motifs is 1. The molecule has 1 fully saturated rings. The van der Waals surface area contributed by atoms with Gasteiger partial charge in [0.2, 0.25) is 0 Å². The lowest BCUT2D eigenvalue weighted by molar-refractivity contribution is 0.122. The van der Waals surface area contributed by atoms with E-state index in [1.54, 1.807) is 0 Å². The Morgan fingerprint density at radius 3 is 2.88 bits per heavy atom. The smallest absolute Gasteiger partial charge is 0.0792 e. The van der Waals surface area contributed by atoms with Gasteiger partial charge in [-0.2, -0.15) is 0 Å². The number of hydrogen-bond donors (Lipinski definition) is 1. The summed E-state index contributed by atoms with van der Waals surface area (Å²) in [6, 6.07) is 6.49. The van der Waals surface area contributed by atoms with Crippen LogP contribution in [0.5, 0.6) is 0 Å². The Balaban J connectivity index is 1.86. The maximum Gasteiger partial charge on any atom is 0.0792 e. The molecule has 0 radical (unpaired) electrons. The molecule has 1 aromatic carbocycles. The number of morpholine rings is 1. The minimum atomic E-state index is -0.252. The fourth-order valence-electron chi connectivity index (χ4n) is 2.79. The van der Waals surface area contributed by atoms with Crippen molar-refractivity contribution >= 4 is 5.69 Å². The second-order valence-electron chi connectivity index (χ2n) is 4.89. The van der Waals surface area contributed by atoms with Gasteiger partial charge in [-0.25, -0.2) is 0 Å². The largest absolute Gasteiger partial charge is 0.388 e.